The minimum atomic E-state index is 0.178. The molecule has 0 aromatic carbocycles. The van der Waals surface area contributed by atoms with E-state index in [1.807, 2.05) is 18.8 Å². The number of amides is 1. The van der Waals surface area contributed by atoms with E-state index in [4.69, 9.17) is 0 Å². The Balaban J connectivity index is 1.31. The van der Waals surface area contributed by atoms with Crippen molar-refractivity contribution < 1.29 is 4.79 Å². The zero-order valence-electron chi connectivity index (χ0n) is 16.8. The molecule has 1 saturated carbocycles. The van der Waals surface area contributed by atoms with Gasteiger partial charge in [-0.15, -0.1) is 5.10 Å². The van der Waals surface area contributed by atoms with Gasteiger partial charge in [0.15, 0.2) is 0 Å². The molecule has 0 radical (unpaired) electrons. The summed E-state index contributed by atoms with van der Waals surface area (Å²) in [7, 11) is 4.09. The van der Waals surface area contributed by atoms with E-state index in [9.17, 15) is 4.79 Å². The first-order chi connectivity index (χ1) is 13.1. The standard InChI is InChI=1S/C20H34N6O/c1-24(2)11-17-12-26(23-22-17)13-18-10-15-8-9-25(18)14-19(15)20(27)21-16-6-4-3-5-7-16/h12,15-16,18-19H,3-11,13-14H2,1-2H3,(H,21,27)/t15-,18+,19+/m1/s1. The predicted molar refractivity (Wildman–Crippen MR) is 104 cm³/mol. The molecule has 5 rings (SSSR count). The van der Waals surface area contributed by atoms with Crippen molar-refractivity contribution >= 4 is 5.91 Å². The molecule has 150 valence electrons. The summed E-state index contributed by atoms with van der Waals surface area (Å²) in [6.45, 7) is 3.73. The van der Waals surface area contributed by atoms with Gasteiger partial charge >= 0.3 is 0 Å². The van der Waals surface area contributed by atoms with Gasteiger partial charge in [0.25, 0.3) is 0 Å². The maximum Gasteiger partial charge on any atom is 0.224 e. The van der Waals surface area contributed by atoms with Crippen LogP contribution in [0.5, 0.6) is 0 Å². The molecule has 3 saturated heterocycles. The molecule has 7 heteroatoms. The highest BCUT2D eigenvalue weighted by atomic mass is 16.2. The summed E-state index contributed by atoms with van der Waals surface area (Å²) in [5, 5.41) is 12.0. The second-order valence-electron chi connectivity index (χ2n) is 9.05. The van der Waals surface area contributed by atoms with Crippen molar-refractivity contribution in [3.8, 4) is 0 Å². The molecule has 1 amide bonds. The van der Waals surface area contributed by atoms with Crippen molar-refractivity contribution in [1.82, 2.24) is 30.1 Å². The predicted octanol–water partition coefficient (Wildman–Crippen LogP) is 1.50. The number of piperidine rings is 3. The van der Waals surface area contributed by atoms with Crippen LogP contribution < -0.4 is 5.32 Å². The molecule has 4 atom stereocenters. The molecule has 1 aromatic heterocycles. The topological polar surface area (TPSA) is 66.3 Å². The Bertz CT molecular complexity index is 638. The summed E-state index contributed by atoms with van der Waals surface area (Å²) < 4.78 is 1.99. The summed E-state index contributed by atoms with van der Waals surface area (Å²) in [5.74, 6) is 1.01. The quantitative estimate of drug-likeness (QED) is 0.817. The molecule has 27 heavy (non-hydrogen) atoms. The van der Waals surface area contributed by atoms with Crippen LogP contribution in [0.3, 0.4) is 0 Å². The Morgan fingerprint density at radius 1 is 1.26 bits per heavy atom. The smallest absolute Gasteiger partial charge is 0.224 e. The summed E-state index contributed by atoms with van der Waals surface area (Å²) >= 11 is 0. The van der Waals surface area contributed by atoms with Crippen molar-refractivity contribution in [2.45, 2.75) is 70.1 Å². The molecule has 0 spiro atoms. The van der Waals surface area contributed by atoms with Gasteiger partial charge in [-0.05, 0) is 52.2 Å². The molecule has 4 fully saturated rings. The van der Waals surface area contributed by atoms with Gasteiger partial charge in [-0.2, -0.15) is 0 Å². The van der Waals surface area contributed by atoms with E-state index in [-0.39, 0.29) is 5.92 Å². The lowest BCUT2D eigenvalue weighted by atomic mass is 9.75. The van der Waals surface area contributed by atoms with E-state index in [0.717, 1.165) is 57.6 Å². The fraction of sp³-hybridized carbons (Fsp3) is 0.850. The van der Waals surface area contributed by atoms with Gasteiger partial charge in [-0.3, -0.25) is 14.4 Å². The van der Waals surface area contributed by atoms with E-state index in [2.05, 4.69) is 31.6 Å². The number of carbonyl (C=O) groups excluding carboxylic acids is 1. The second-order valence-corrected chi connectivity index (χ2v) is 9.05. The molecule has 1 aromatic rings. The average Bonchev–Trinajstić information content (AvgIpc) is 3.09. The first-order valence-electron chi connectivity index (χ1n) is 10.7. The van der Waals surface area contributed by atoms with Crippen molar-refractivity contribution in [2.75, 3.05) is 27.2 Å². The first kappa shape index (κ1) is 18.9. The van der Waals surface area contributed by atoms with E-state index in [0.29, 0.717) is 23.9 Å². The Labute approximate surface area is 162 Å². The monoisotopic (exact) mass is 374 g/mol. The van der Waals surface area contributed by atoms with Crippen LogP contribution in [0.1, 0.15) is 50.6 Å². The molecular weight excluding hydrogens is 340 g/mol. The number of rotatable bonds is 6. The van der Waals surface area contributed by atoms with Gasteiger partial charge < -0.3 is 10.2 Å². The Morgan fingerprint density at radius 3 is 2.78 bits per heavy atom. The Kier molecular flexibility index (Phi) is 5.78. The molecule has 4 aliphatic rings. The minimum absolute atomic E-state index is 0.178. The van der Waals surface area contributed by atoms with E-state index < -0.39 is 0 Å². The lowest BCUT2D eigenvalue weighted by molar-refractivity contribution is -0.134. The normalized spacial score (nSPS) is 31.4. The van der Waals surface area contributed by atoms with Crippen LogP contribution in [0.2, 0.25) is 0 Å². The third-order valence-electron chi connectivity index (χ3n) is 6.63. The first-order valence-corrected chi connectivity index (χ1v) is 10.7. The lowest BCUT2D eigenvalue weighted by Crippen LogP contribution is -2.58. The third-order valence-corrected chi connectivity index (χ3v) is 6.63. The third kappa shape index (κ3) is 4.51. The molecule has 3 aliphatic heterocycles. The minimum Gasteiger partial charge on any atom is -0.353 e. The summed E-state index contributed by atoms with van der Waals surface area (Å²) in [6.07, 6.45) is 10.5. The summed E-state index contributed by atoms with van der Waals surface area (Å²) in [6, 6.07) is 0.902. The molecule has 1 N–H and O–H groups in total. The molecular formula is C20H34N6O. The highest BCUT2D eigenvalue weighted by Crippen LogP contribution is 2.37. The molecule has 7 nitrogen and oxygen atoms in total. The van der Waals surface area contributed by atoms with Crippen LogP contribution in [-0.4, -0.2) is 70.0 Å². The van der Waals surface area contributed by atoms with E-state index >= 15 is 0 Å². The maximum atomic E-state index is 12.9. The van der Waals surface area contributed by atoms with E-state index in [1.54, 1.807) is 0 Å². The van der Waals surface area contributed by atoms with Crippen LogP contribution in [0, 0.1) is 11.8 Å². The van der Waals surface area contributed by atoms with Gasteiger partial charge in [0, 0.05) is 31.4 Å². The number of hydrogen-bond acceptors (Lipinski definition) is 5. The number of nitrogens with zero attached hydrogens (tertiary/aromatic N) is 5. The van der Waals surface area contributed by atoms with Gasteiger partial charge in [-0.25, -0.2) is 0 Å². The van der Waals surface area contributed by atoms with Crippen LogP contribution in [0.15, 0.2) is 6.20 Å². The number of aromatic nitrogens is 3. The maximum absolute atomic E-state index is 12.9. The average molecular weight is 375 g/mol. The number of carbonyl (C=O) groups is 1. The highest BCUT2D eigenvalue weighted by molar-refractivity contribution is 5.79. The van der Waals surface area contributed by atoms with Gasteiger partial charge in [0.2, 0.25) is 5.91 Å². The van der Waals surface area contributed by atoms with E-state index in [1.165, 1.54) is 19.3 Å². The highest BCUT2D eigenvalue weighted by Gasteiger charge is 2.43. The van der Waals surface area contributed by atoms with Crippen LogP contribution in [0.4, 0.5) is 0 Å². The fourth-order valence-corrected chi connectivity index (χ4v) is 5.22. The Morgan fingerprint density at radius 2 is 2.07 bits per heavy atom. The van der Waals surface area contributed by atoms with Crippen LogP contribution >= 0.6 is 0 Å². The fourth-order valence-electron chi connectivity index (χ4n) is 5.22. The van der Waals surface area contributed by atoms with Crippen molar-refractivity contribution in [3.63, 3.8) is 0 Å². The van der Waals surface area contributed by atoms with Crippen molar-refractivity contribution in [2.24, 2.45) is 11.8 Å². The lowest BCUT2D eigenvalue weighted by Gasteiger charge is -2.49. The number of nitrogens with one attached hydrogen (secondary N) is 1. The largest absolute Gasteiger partial charge is 0.353 e. The number of hydrogen-bond donors (Lipinski definition) is 1. The van der Waals surface area contributed by atoms with Gasteiger partial charge in [0.1, 0.15) is 0 Å². The summed E-state index contributed by atoms with van der Waals surface area (Å²) in [5.41, 5.74) is 1.01. The molecule has 2 bridgehead atoms. The van der Waals surface area contributed by atoms with Crippen molar-refractivity contribution in [1.29, 1.82) is 0 Å². The van der Waals surface area contributed by atoms with Gasteiger partial charge in [-0.1, -0.05) is 24.5 Å². The SMILES string of the molecule is CN(C)Cc1cn(C[C@@H]2C[C@H]3CCN2C[C@@H]3C(=O)NC2CCCCC2)nn1. The van der Waals surface area contributed by atoms with Crippen molar-refractivity contribution in [3.05, 3.63) is 11.9 Å². The van der Waals surface area contributed by atoms with Crippen LogP contribution in [-0.2, 0) is 17.9 Å². The second kappa shape index (κ2) is 8.27. The Hall–Kier alpha value is -1.47. The molecule has 4 heterocycles. The molecule has 1 unspecified atom stereocenters. The zero-order valence-corrected chi connectivity index (χ0v) is 16.8. The zero-order chi connectivity index (χ0) is 18.8. The van der Waals surface area contributed by atoms with Crippen LogP contribution in [0.25, 0.3) is 0 Å². The van der Waals surface area contributed by atoms with Gasteiger partial charge in [0.05, 0.1) is 18.2 Å². The molecule has 1 aliphatic carbocycles. The summed E-state index contributed by atoms with van der Waals surface area (Å²) in [4.78, 5) is 17.5. The number of fused-ring (bicyclic) bond motifs is 3.